The molecule has 1 N–H and O–H groups in total. The lowest BCUT2D eigenvalue weighted by Crippen LogP contribution is -2.67. The lowest BCUT2D eigenvalue weighted by molar-refractivity contribution is -0.155. The van der Waals surface area contributed by atoms with E-state index in [-0.39, 0.29) is 17.2 Å². The minimum Gasteiger partial charge on any atom is -0.336 e. The Labute approximate surface area is 125 Å². The number of rotatable bonds is 3. The maximum absolute atomic E-state index is 13.0. The van der Waals surface area contributed by atoms with Gasteiger partial charge in [0, 0.05) is 6.54 Å². The van der Waals surface area contributed by atoms with Gasteiger partial charge in [0.25, 0.3) is 5.91 Å². The monoisotopic (exact) mass is 286 g/mol. The molecule has 4 nitrogen and oxygen atoms in total. The first-order valence-electron chi connectivity index (χ1n) is 7.54. The van der Waals surface area contributed by atoms with Gasteiger partial charge in [-0.1, -0.05) is 37.3 Å². The van der Waals surface area contributed by atoms with Crippen molar-refractivity contribution in [1.29, 1.82) is 0 Å². The fourth-order valence-electron chi connectivity index (χ4n) is 2.97. The summed E-state index contributed by atoms with van der Waals surface area (Å²) in [5, 5.41) is 2.91. The van der Waals surface area contributed by atoms with Gasteiger partial charge in [-0.3, -0.25) is 9.59 Å². The Kier molecular flexibility index (Phi) is 3.08. The van der Waals surface area contributed by atoms with Crippen LogP contribution in [-0.2, 0) is 15.1 Å². The standard InChI is InChI=1S/C17H22N2O2/c1-12-14(20)18-17(3,13-7-5-4-6-8-13)15(21)19(12)11-16(2)9-10-16/h4-8,12H,9-11H2,1-3H3,(H,18,20). The van der Waals surface area contributed by atoms with Gasteiger partial charge in [-0.15, -0.1) is 0 Å². The minimum atomic E-state index is -0.962. The molecule has 0 bridgehead atoms. The molecule has 2 unspecified atom stereocenters. The summed E-state index contributed by atoms with van der Waals surface area (Å²) in [6.45, 7) is 6.46. The summed E-state index contributed by atoms with van der Waals surface area (Å²) < 4.78 is 0. The van der Waals surface area contributed by atoms with Crippen LogP contribution in [0.15, 0.2) is 30.3 Å². The van der Waals surface area contributed by atoms with Gasteiger partial charge in [0.1, 0.15) is 11.6 Å². The van der Waals surface area contributed by atoms with Crippen LogP contribution in [0, 0.1) is 5.41 Å². The van der Waals surface area contributed by atoms with Crippen molar-refractivity contribution in [3.05, 3.63) is 35.9 Å². The van der Waals surface area contributed by atoms with Crippen molar-refractivity contribution in [2.45, 2.75) is 45.2 Å². The largest absolute Gasteiger partial charge is 0.336 e. The Hall–Kier alpha value is -1.84. The van der Waals surface area contributed by atoms with E-state index in [1.165, 1.54) is 0 Å². The lowest BCUT2D eigenvalue weighted by atomic mass is 9.86. The highest BCUT2D eigenvalue weighted by molar-refractivity contribution is 6.00. The van der Waals surface area contributed by atoms with Crippen molar-refractivity contribution in [3.8, 4) is 0 Å². The van der Waals surface area contributed by atoms with Gasteiger partial charge >= 0.3 is 0 Å². The molecule has 1 aliphatic heterocycles. The zero-order chi connectivity index (χ0) is 15.3. The van der Waals surface area contributed by atoms with Crippen LogP contribution in [0.1, 0.15) is 39.2 Å². The molecule has 0 aromatic heterocycles. The summed E-state index contributed by atoms with van der Waals surface area (Å²) >= 11 is 0. The van der Waals surface area contributed by atoms with Gasteiger partial charge in [-0.2, -0.15) is 0 Å². The zero-order valence-electron chi connectivity index (χ0n) is 12.8. The van der Waals surface area contributed by atoms with Crippen LogP contribution in [0.3, 0.4) is 0 Å². The molecule has 4 heteroatoms. The molecule has 1 aromatic carbocycles. The van der Waals surface area contributed by atoms with Crippen molar-refractivity contribution in [2.75, 3.05) is 6.54 Å². The second kappa shape index (κ2) is 4.58. The molecule has 0 radical (unpaired) electrons. The van der Waals surface area contributed by atoms with E-state index >= 15 is 0 Å². The SMILES string of the molecule is CC1C(=O)NC(C)(c2ccccc2)C(=O)N1CC1(C)CC1. The minimum absolute atomic E-state index is 0.00562. The summed E-state index contributed by atoms with van der Waals surface area (Å²) in [4.78, 5) is 27.1. The van der Waals surface area contributed by atoms with Crippen LogP contribution >= 0.6 is 0 Å². The van der Waals surface area contributed by atoms with Crippen molar-refractivity contribution in [3.63, 3.8) is 0 Å². The molecule has 2 fully saturated rings. The highest BCUT2D eigenvalue weighted by atomic mass is 16.2. The molecule has 112 valence electrons. The number of hydrogen-bond acceptors (Lipinski definition) is 2. The number of carbonyl (C=O) groups excluding carboxylic acids is 2. The fourth-order valence-corrected chi connectivity index (χ4v) is 2.97. The van der Waals surface area contributed by atoms with E-state index in [1.807, 2.05) is 37.3 Å². The molecule has 3 rings (SSSR count). The van der Waals surface area contributed by atoms with Crippen LogP contribution in [0.4, 0.5) is 0 Å². The quantitative estimate of drug-likeness (QED) is 0.924. The zero-order valence-corrected chi connectivity index (χ0v) is 12.8. The molecule has 2 atom stereocenters. The van der Waals surface area contributed by atoms with Gasteiger partial charge < -0.3 is 10.2 Å². The third-order valence-electron chi connectivity index (χ3n) is 4.92. The van der Waals surface area contributed by atoms with Crippen molar-refractivity contribution < 1.29 is 9.59 Å². The fraction of sp³-hybridized carbons (Fsp3) is 0.529. The number of nitrogens with one attached hydrogen (secondary N) is 1. The molecule has 1 aliphatic carbocycles. The number of nitrogens with zero attached hydrogens (tertiary/aromatic N) is 1. The predicted molar refractivity (Wildman–Crippen MR) is 80.5 cm³/mol. The van der Waals surface area contributed by atoms with E-state index in [1.54, 1.807) is 11.8 Å². The summed E-state index contributed by atoms with van der Waals surface area (Å²) in [6, 6.07) is 9.09. The van der Waals surface area contributed by atoms with E-state index in [0.717, 1.165) is 18.4 Å². The molecular weight excluding hydrogens is 264 g/mol. The number of hydrogen-bond donors (Lipinski definition) is 1. The summed E-state index contributed by atoms with van der Waals surface area (Å²) in [6.07, 6.45) is 2.26. The molecule has 1 heterocycles. The Balaban J connectivity index is 1.95. The Morgan fingerprint density at radius 2 is 1.81 bits per heavy atom. The Morgan fingerprint density at radius 1 is 1.19 bits per heavy atom. The van der Waals surface area contributed by atoms with Crippen molar-refractivity contribution >= 4 is 11.8 Å². The van der Waals surface area contributed by atoms with Crippen LogP contribution in [0.5, 0.6) is 0 Å². The highest BCUT2D eigenvalue weighted by Gasteiger charge is 2.50. The molecule has 0 spiro atoms. The lowest BCUT2D eigenvalue weighted by Gasteiger charge is -2.44. The number of carbonyl (C=O) groups is 2. The normalized spacial score (nSPS) is 31.0. The second-order valence-electron chi connectivity index (χ2n) is 6.90. The maximum atomic E-state index is 13.0. The highest BCUT2D eigenvalue weighted by Crippen LogP contribution is 2.46. The second-order valence-corrected chi connectivity index (χ2v) is 6.90. The summed E-state index contributed by atoms with van der Waals surface area (Å²) in [5.41, 5.74) is 0.0658. The van der Waals surface area contributed by atoms with E-state index in [4.69, 9.17) is 0 Å². The van der Waals surface area contributed by atoms with E-state index in [2.05, 4.69) is 12.2 Å². The molecule has 1 aromatic rings. The third-order valence-corrected chi connectivity index (χ3v) is 4.92. The molecule has 1 saturated carbocycles. The maximum Gasteiger partial charge on any atom is 0.253 e. The number of benzene rings is 1. The summed E-state index contributed by atoms with van der Waals surface area (Å²) in [5.74, 6) is -0.0841. The van der Waals surface area contributed by atoms with Gasteiger partial charge in [-0.05, 0) is 37.7 Å². The van der Waals surface area contributed by atoms with Crippen LogP contribution in [0.25, 0.3) is 0 Å². The van der Waals surface area contributed by atoms with Crippen LogP contribution < -0.4 is 5.32 Å². The molecule has 1 saturated heterocycles. The predicted octanol–water partition coefficient (Wildman–Crippen LogP) is 2.05. The summed E-state index contributed by atoms with van der Waals surface area (Å²) in [7, 11) is 0. The molecular formula is C17H22N2O2. The Bertz CT molecular complexity index is 580. The smallest absolute Gasteiger partial charge is 0.253 e. The van der Waals surface area contributed by atoms with Gasteiger partial charge in [0.15, 0.2) is 0 Å². The van der Waals surface area contributed by atoms with E-state index < -0.39 is 11.6 Å². The number of amides is 2. The van der Waals surface area contributed by atoms with Gasteiger partial charge in [0.05, 0.1) is 0 Å². The first kappa shape index (κ1) is 14.1. The topological polar surface area (TPSA) is 49.4 Å². The molecule has 2 aliphatic rings. The van der Waals surface area contributed by atoms with E-state index in [9.17, 15) is 9.59 Å². The van der Waals surface area contributed by atoms with Crippen molar-refractivity contribution in [1.82, 2.24) is 10.2 Å². The van der Waals surface area contributed by atoms with E-state index in [0.29, 0.717) is 6.54 Å². The van der Waals surface area contributed by atoms with Gasteiger partial charge in [0.2, 0.25) is 5.91 Å². The third kappa shape index (κ3) is 2.33. The average Bonchev–Trinajstić information content (AvgIpc) is 3.20. The Morgan fingerprint density at radius 3 is 2.38 bits per heavy atom. The van der Waals surface area contributed by atoms with Crippen molar-refractivity contribution in [2.24, 2.45) is 5.41 Å². The molecule has 2 amide bonds. The van der Waals surface area contributed by atoms with Gasteiger partial charge in [-0.25, -0.2) is 0 Å². The van der Waals surface area contributed by atoms with Crippen LogP contribution in [0.2, 0.25) is 0 Å². The average molecular weight is 286 g/mol. The number of piperazine rings is 1. The molecule has 21 heavy (non-hydrogen) atoms. The first-order chi connectivity index (χ1) is 9.86. The first-order valence-corrected chi connectivity index (χ1v) is 7.54. The van der Waals surface area contributed by atoms with Crippen LogP contribution in [-0.4, -0.2) is 29.3 Å².